The SMILES string of the molecule is CCC(N)C(c1ccccc1Br)N1CCC(C)C(OC)C1. The number of benzene rings is 1. The molecule has 3 nitrogen and oxygen atoms in total. The molecule has 0 radical (unpaired) electrons. The predicted octanol–water partition coefficient (Wildman–Crippen LogP) is 3.58. The van der Waals surface area contributed by atoms with Gasteiger partial charge in [0.15, 0.2) is 0 Å². The standard InChI is InChI=1S/C17H27BrN2O/c1-4-15(19)17(13-7-5-6-8-14(13)18)20-10-9-12(2)16(11-20)21-3/h5-8,12,15-17H,4,9-11,19H2,1-3H3. The van der Waals surface area contributed by atoms with Crippen LogP contribution in [-0.4, -0.2) is 37.2 Å². The second kappa shape index (κ2) is 7.73. The van der Waals surface area contributed by atoms with Gasteiger partial charge < -0.3 is 10.5 Å². The Morgan fingerprint density at radius 1 is 1.43 bits per heavy atom. The summed E-state index contributed by atoms with van der Waals surface area (Å²) in [6.07, 6.45) is 2.43. The molecule has 0 spiro atoms. The molecule has 2 rings (SSSR count). The molecule has 1 aliphatic rings. The minimum Gasteiger partial charge on any atom is -0.380 e. The third-order valence-electron chi connectivity index (χ3n) is 4.72. The first kappa shape index (κ1) is 16.9. The van der Waals surface area contributed by atoms with Crippen LogP contribution < -0.4 is 5.73 Å². The number of hydrogen-bond donors (Lipinski definition) is 1. The number of nitrogens with zero attached hydrogens (tertiary/aromatic N) is 1. The van der Waals surface area contributed by atoms with Crippen LogP contribution in [0.2, 0.25) is 0 Å². The Morgan fingerprint density at radius 2 is 2.14 bits per heavy atom. The van der Waals surface area contributed by atoms with Crippen molar-refractivity contribution in [3.8, 4) is 0 Å². The lowest BCUT2D eigenvalue weighted by atomic mass is 9.90. The van der Waals surface area contributed by atoms with E-state index in [1.165, 1.54) is 5.56 Å². The largest absolute Gasteiger partial charge is 0.380 e. The van der Waals surface area contributed by atoms with Gasteiger partial charge in [-0.15, -0.1) is 0 Å². The van der Waals surface area contributed by atoms with Gasteiger partial charge in [0.1, 0.15) is 0 Å². The third-order valence-corrected chi connectivity index (χ3v) is 5.44. The molecule has 118 valence electrons. The molecule has 21 heavy (non-hydrogen) atoms. The fraction of sp³-hybridized carbons (Fsp3) is 0.647. The molecule has 1 aliphatic heterocycles. The van der Waals surface area contributed by atoms with Gasteiger partial charge in [-0.1, -0.05) is 48.0 Å². The molecule has 1 saturated heterocycles. The van der Waals surface area contributed by atoms with Crippen molar-refractivity contribution in [1.29, 1.82) is 0 Å². The Labute approximate surface area is 137 Å². The van der Waals surface area contributed by atoms with Crippen LogP contribution in [0.3, 0.4) is 0 Å². The van der Waals surface area contributed by atoms with Gasteiger partial charge in [0, 0.05) is 24.2 Å². The van der Waals surface area contributed by atoms with Gasteiger partial charge in [-0.3, -0.25) is 4.90 Å². The summed E-state index contributed by atoms with van der Waals surface area (Å²) in [5.74, 6) is 0.615. The quantitative estimate of drug-likeness (QED) is 0.877. The second-order valence-corrected chi connectivity index (χ2v) is 6.93. The summed E-state index contributed by atoms with van der Waals surface area (Å²) in [7, 11) is 1.82. The van der Waals surface area contributed by atoms with Crippen LogP contribution in [0.1, 0.15) is 38.3 Å². The molecular weight excluding hydrogens is 328 g/mol. The highest BCUT2D eigenvalue weighted by Crippen LogP contribution is 2.34. The lowest BCUT2D eigenvalue weighted by Crippen LogP contribution is -2.50. The molecule has 1 fully saturated rings. The number of nitrogens with two attached hydrogens (primary N) is 1. The molecule has 2 N–H and O–H groups in total. The average molecular weight is 355 g/mol. The summed E-state index contributed by atoms with van der Waals surface area (Å²) in [6.45, 7) is 6.48. The van der Waals surface area contributed by atoms with Gasteiger partial charge in [0.05, 0.1) is 12.1 Å². The summed E-state index contributed by atoms with van der Waals surface area (Å²) in [5, 5.41) is 0. The van der Waals surface area contributed by atoms with Crippen molar-refractivity contribution >= 4 is 15.9 Å². The van der Waals surface area contributed by atoms with Gasteiger partial charge in [0.2, 0.25) is 0 Å². The highest BCUT2D eigenvalue weighted by molar-refractivity contribution is 9.10. The molecule has 0 aromatic heterocycles. The topological polar surface area (TPSA) is 38.5 Å². The highest BCUT2D eigenvalue weighted by atomic mass is 79.9. The molecule has 4 atom stereocenters. The number of likely N-dealkylation sites (tertiary alicyclic amines) is 1. The van der Waals surface area contributed by atoms with Gasteiger partial charge in [-0.25, -0.2) is 0 Å². The van der Waals surface area contributed by atoms with Crippen molar-refractivity contribution < 1.29 is 4.74 Å². The first-order valence-electron chi connectivity index (χ1n) is 7.85. The van der Waals surface area contributed by atoms with E-state index < -0.39 is 0 Å². The van der Waals surface area contributed by atoms with Crippen LogP contribution in [0.15, 0.2) is 28.7 Å². The maximum absolute atomic E-state index is 6.47. The third kappa shape index (κ3) is 3.86. The highest BCUT2D eigenvalue weighted by Gasteiger charge is 2.33. The number of ether oxygens (including phenoxy) is 1. The number of piperidine rings is 1. The Morgan fingerprint density at radius 3 is 2.76 bits per heavy atom. The zero-order valence-electron chi connectivity index (χ0n) is 13.3. The van der Waals surface area contributed by atoms with E-state index in [0.29, 0.717) is 12.0 Å². The van der Waals surface area contributed by atoms with E-state index in [1.54, 1.807) is 0 Å². The molecular formula is C17H27BrN2O. The van der Waals surface area contributed by atoms with Crippen molar-refractivity contribution in [3.05, 3.63) is 34.3 Å². The van der Waals surface area contributed by atoms with Crippen LogP contribution in [0, 0.1) is 5.92 Å². The van der Waals surface area contributed by atoms with Crippen molar-refractivity contribution in [2.24, 2.45) is 11.7 Å². The van der Waals surface area contributed by atoms with E-state index >= 15 is 0 Å². The summed E-state index contributed by atoms with van der Waals surface area (Å²) < 4.78 is 6.81. The van der Waals surface area contributed by atoms with Crippen LogP contribution in [-0.2, 0) is 4.74 Å². The van der Waals surface area contributed by atoms with E-state index in [0.717, 1.165) is 30.4 Å². The normalized spacial score (nSPS) is 26.5. The Balaban J connectivity index is 2.27. The monoisotopic (exact) mass is 354 g/mol. The summed E-state index contributed by atoms with van der Waals surface area (Å²) in [6, 6.07) is 8.81. The van der Waals surface area contributed by atoms with E-state index in [-0.39, 0.29) is 12.1 Å². The van der Waals surface area contributed by atoms with Gasteiger partial charge in [-0.05, 0) is 36.9 Å². The second-order valence-electron chi connectivity index (χ2n) is 6.07. The van der Waals surface area contributed by atoms with E-state index in [2.05, 4.69) is 58.9 Å². The Hall–Kier alpha value is -0.420. The van der Waals surface area contributed by atoms with E-state index in [1.807, 2.05) is 7.11 Å². The predicted molar refractivity (Wildman–Crippen MR) is 91.3 cm³/mol. The number of hydrogen-bond acceptors (Lipinski definition) is 3. The number of halogens is 1. The Kier molecular flexibility index (Phi) is 6.23. The van der Waals surface area contributed by atoms with Crippen LogP contribution in [0.5, 0.6) is 0 Å². The van der Waals surface area contributed by atoms with Crippen molar-refractivity contribution in [2.75, 3.05) is 20.2 Å². The van der Waals surface area contributed by atoms with Gasteiger partial charge >= 0.3 is 0 Å². The minimum absolute atomic E-state index is 0.134. The first-order valence-corrected chi connectivity index (χ1v) is 8.64. The maximum Gasteiger partial charge on any atom is 0.0724 e. The van der Waals surface area contributed by atoms with Gasteiger partial charge in [0.25, 0.3) is 0 Å². The van der Waals surface area contributed by atoms with Crippen molar-refractivity contribution in [3.63, 3.8) is 0 Å². The summed E-state index contributed by atoms with van der Waals surface area (Å²) >= 11 is 3.69. The summed E-state index contributed by atoms with van der Waals surface area (Å²) in [4.78, 5) is 2.50. The molecule has 0 saturated carbocycles. The minimum atomic E-state index is 0.134. The van der Waals surface area contributed by atoms with Crippen LogP contribution >= 0.6 is 15.9 Å². The lowest BCUT2D eigenvalue weighted by Gasteiger charge is -2.43. The van der Waals surface area contributed by atoms with Crippen LogP contribution in [0.4, 0.5) is 0 Å². The average Bonchev–Trinajstić information content (AvgIpc) is 2.50. The van der Waals surface area contributed by atoms with Crippen molar-refractivity contribution in [2.45, 2.75) is 44.9 Å². The van der Waals surface area contributed by atoms with E-state index in [4.69, 9.17) is 10.5 Å². The fourth-order valence-electron chi connectivity index (χ4n) is 3.25. The zero-order chi connectivity index (χ0) is 15.4. The summed E-state index contributed by atoms with van der Waals surface area (Å²) in [5.41, 5.74) is 7.76. The first-order chi connectivity index (χ1) is 10.1. The lowest BCUT2D eigenvalue weighted by molar-refractivity contribution is -0.0235. The number of rotatable bonds is 5. The smallest absolute Gasteiger partial charge is 0.0724 e. The molecule has 4 heteroatoms. The van der Waals surface area contributed by atoms with Crippen molar-refractivity contribution in [1.82, 2.24) is 4.90 Å². The van der Waals surface area contributed by atoms with Gasteiger partial charge in [-0.2, -0.15) is 0 Å². The fourth-order valence-corrected chi connectivity index (χ4v) is 3.77. The molecule has 0 aliphatic carbocycles. The molecule has 1 aromatic rings. The van der Waals surface area contributed by atoms with Crippen LogP contribution in [0.25, 0.3) is 0 Å². The van der Waals surface area contributed by atoms with E-state index in [9.17, 15) is 0 Å². The maximum atomic E-state index is 6.47. The number of methoxy groups -OCH3 is 1. The molecule has 4 unspecified atom stereocenters. The zero-order valence-corrected chi connectivity index (χ0v) is 14.8. The molecule has 1 aromatic carbocycles. The molecule has 1 heterocycles. The molecule has 0 amide bonds. The Bertz CT molecular complexity index is 454. The molecule has 0 bridgehead atoms.